The Morgan fingerprint density at radius 2 is 1.38 bits per heavy atom. The quantitative estimate of drug-likeness (QED) is 0.390. The van der Waals surface area contributed by atoms with E-state index >= 15 is 0 Å². The smallest absolute Gasteiger partial charge is 0.352 e. The molecular formula is C22H26O6S. The van der Waals surface area contributed by atoms with E-state index in [1.165, 1.54) is 0 Å². The Bertz CT molecular complexity index is 840. The third-order valence-electron chi connectivity index (χ3n) is 4.13. The average Bonchev–Trinajstić information content (AvgIpc) is 3.05. The van der Waals surface area contributed by atoms with Gasteiger partial charge in [0.15, 0.2) is 10.6 Å². The number of ether oxygens (including phenoxy) is 3. The molecule has 6 nitrogen and oxygen atoms in total. The van der Waals surface area contributed by atoms with Crippen molar-refractivity contribution in [2.75, 3.05) is 13.2 Å². The van der Waals surface area contributed by atoms with E-state index in [0.717, 1.165) is 37.0 Å². The summed E-state index contributed by atoms with van der Waals surface area (Å²) in [5.41, 5.74) is 0.735. The summed E-state index contributed by atoms with van der Waals surface area (Å²) in [5.74, 6) is -1.71. The first-order valence-electron chi connectivity index (χ1n) is 9.74. The zero-order valence-electron chi connectivity index (χ0n) is 17.0. The van der Waals surface area contributed by atoms with Gasteiger partial charge in [0.25, 0.3) is 0 Å². The van der Waals surface area contributed by atoms with Gasteiger partial charge < -0.3 is 14.2 Å². The molecule has 156 valence electrons. The van der Waals surface area contributed by atoms with Crippen molar-refractivity contribution in [1.82, 2.24) is 0 Å². The van der Waals surface area contributed by atoms with Crippen molar-refractivity contribution in [3.05, 3.63) is 51.2 Å². The maximum atomic E-state index is 12.6. The Morgan fingerprint density at radius 1 is 0.828 bits per heavy atom. The monoisotopic (exact) mass is 418 g/mol. The van der Waals surface area contributed by atoms with Gasteiger partial charge in [-0.2, -0.15) is 0 Å². The number of hydrogen-bond donors (Lipinski definition) is 0. The van der Waals surface area contributed by atoms with E-state index in [2.05, 4.69) is 0 Å². The molecule has 1 aromatic carbocycles. The lowest BCUT2D eigenvalue weighted by atomic mass is 10.2. The van der Waals surface area contributed by atoms with Crippen LogP contribution >= 0.6 is 11.3 Å². The van der Waals surface area contributed by atoms with Crippen molar-refractivity contribution in [3.8, 4) is 5.75 Å². The Morgan fingerprint density at radius 3 is 1.93 bits per heavy atom. The fraction of sp³-hybridized carbons (Fsp3) is 0.409. The van der Waals surface area contributed by atoms with Crippen molar-refractivity contribution >= 4 is 29.2 Å². The zero-order chi connectivity index (χ0) is 21.2. The summed E-state index contributed by atoms with van der Waals surface area (Å²) < 4.78 is 16.0. The molecule has 0 saturated heterocycles. The maximum absolute atomic E-state index is 12.6. The lowest BCUT2D eigenvalue weighted by molar-refractivity contribution is 0.0491. The highest BCUT2D eigenvalue weighted by atomic mass is 32.1. The van der Waals surface area contributed by atoms with Crippen LogP contribution in [0.2, 0.25) is 0 Å². The summed E-state index contributed by atoms with van der Waals surface area (Å²) in [6.07, 6.45) is 3.24. The molecule has 0 unspecified atom stereocenters. The average molecular weight is 419 g/mol. The van der Waals surface area contributed by atoms with Crippen LogP contribution < -0.4 is 4.74 Å². The molecule has 0 fully saturated rings. The third-order valence-corrected chi connectivity index (χ3v) is 5.36. The van der Waals surface area contributed by atoms with E-state index in [1.54, 1.807) is 37.3 Å². The predicted octanol–water partition coefficient (Wildman–Crippen LogP) is 5.19. The van der Waals surface area contributed by atoms with Gasteiger partial charge in [0, 0.05) is 5.56 Å². The van der Waals surface area contributed by atoms with E-state index in [4.69, 9.17) is 14.2 Å². The number of carbonyl (C=O) groups excluding carboxylic acids is 3. The van der Waals surface area contributed by atoms with Crippen LogP contribution in [0.5, 0.6) is 5.75 Å². The summed E-state index contributed by atoms with van der Waals surface area (Å²) in [6.45, 7) is 6.16. The molecule has 0 radical (unpaired) electrons. The number of unbranched alkanes of at least 4 members (excludes halogenated alkanes) is 2. The highest BCUT2D eigenvalue weighted by Gasteiger charge is 2.29. The van der Waals surface area contributed by atoms with Crippen LogP contribution in [0.1, 0.15) is 74.8 Å². The van der Waals surface area contributed by atoms with E-state index < -0.39 is 17.9 Å². The molecule has 1 aromatic heterocycles. The van der Waals surface area contributed by atoms with Gasteiger partial charge in [0.2, 0.25) is 0 Å². The molecular weight excluding hydrogens is 392 g/mol. The Kier molecular flexibility index (Phi) is 8.86. The Labute approximate surface area is 174 Å². The van der Waals surface area contributed by atoms with Crippen LogP contribution in [-0.2, 0) is 9.47 Å². The van der Waals surface area contributed by atoms with Gasteiger partial charge in [0.1, 0.15) is 4.88 Å². The van der Waals surface area contributed by atoms with Crippen LogP contribution in [0.15, 0.2) is 30.3 Å². The minimum absolute atomic E-state index is 0.0489. The number of esters is 3. The fourth-order valence-electron chi connectivity index (χ4n) is 2.43. The summed E-state index contributed by atoms with van der Waals surface area (Å²) >= 11 is 0.929. The molecule has 29 heavy (non-hydrogen) atoms. The van der Waals surface area contributed by atoms with E-state index in [-0.39, 0.29) is 22.1 Å². The number of thiophene rings is 1. The molecule has 0 aliphatic carbocycles. The number of benzene rings is 1. The summed E-state index contributed by atoms with van der Waals surface area (Å²) in [5, 5.41) is 0. The van der Waals surface area contributed by atoms with Gasteiger partial charge in [-0.25, -0.2) is 14.4 Å². The van der Waals surface area contributed by atoms with Crippen molar-refractivity contribution in [1.29, 1.82) is 0 Å². The molecule has 7 heteroatoms. The first-order valence-corrected chi connectivity index (χ1v) is 10.6. The molecule has 0 spiro atoms. The molecule has 0 saturated carbocycles. The minimum Gasteiger partial charge on any atom is -0.461 e. The summed E-state index contributed by atoms with van der Waals surface area (Å²) in [4.78, 5) is 37.8. The summed E-state index contributed by atoms with van der Waals surface area (Å²) in [6, 6.07) is 8.45. The van der Waals surface area contributed by atoms with Gasteiger partial charge >= 0.3 is 17.9 Å². The molecule has 0 N–H and O–H groups in total. The first-order chi connectivity index (χ1) is 14.0. The lowest BCUT2D eigenvalue weighted by Crippen LogP contribution is -2.12. The standard InChI is InChI=1S/C22H26O6S/c1-4-6-13-26-21(24)18-15(3)17(19(29-18)22(25)27-14-7-5-2)28-20(23)16-11-9-8-10-12-16/h8-12H,4-7,13-14H2,1-3H3. The van der Waals surface area contributed by atoms with Crippen LogP contribution in [0.25, 0.3) is 0 Å². The van der Waals surface area contributed by atoms with Gasteiger partial charge in [-0.3, -0.25) is 0 Å². The van der Waals surface area contributed by atoms with Crippen LogP contribution in [-0.4, -0.2) is 31.1 Å². The normalized spacial score (nSPS) is 10.4. The van der Waals surface area contributed by atoms with Crippen LogP contribution in [0.3, 0.4) is 0 Å². The number of carbonyl (C=O) groups is 3. The molecule has 0 atom stereocenters. The van der Waals surface area contributed by atoms with E-state index in [9.17, 15) is 14.4 Å². The maximum Gasteiger partial charge on any atom is 0.352 e. The molecule has 0 amide bonds. The Balaban J connectivity index is 2.31. The van der Waals surface area contributed by atoms with Crippen LogP contribution in [0, 0.1) is 6.92 Å². The van der Waals surface area contributed by atoms with Crippen molar-refractivity contribution in [2.45, 2.75) is 46.5 Å². The van der Waals surface area contributed by atoms with Gasteiger partial charge in [-0.15, -0.1) is 11.3 Å². The molecule has 0 aliphatic rings. The van der Waals surface area contributed by atoms with Gasteiger partial charge in [-0.1, -0.05) is 44.9 Å². The SMILES string of the molecule is CCCCOC(=O)c1sc(C(=O)OCCCC)c(OC(=O)c2ccccc2)c1C. The second-order valence-corrected chi connectivity index (χ2v) is 7.47. The predicted molar refractivity (Wildman–Crippen MR) is 111 cm³/mol. The number of hydrogen-bond acceptors (Lipinski definition) is 7. The molecule has 2 rings (SSSR count). The third kappa shape index (κ3) is 6.15. The highest BCUT2D eigenvalue weighted by Crippen LogP contribution is 2.36. The molecule has 0 bridgehead atoms. The van der Waals surface area contributed by atoms with Crippen LogP contribution in [0.4, 0.5) is 0 Å². The van der Waals surface area contributed by atoms with Crippen molar-refractivity contribution in [2.24, 2.45) is 0 Å². The van der Waals surface area contributed by atoms with Crippen molar-refractivity contribution in [3.63, 3.8) is 0 Å². The molecule has 2 aromatic rings. The summed E-state index contributed by atoms with van der Waals surface area (Å²) in [7, 11) is 0. The second kappa shape index (κ2) is 11.4. The van der Waals surface area contributed by atoms with Crippen molar-refractivity contribution < 1.29 is 28.6 Å². The highest BCUT2D eigenvalue weighted by molar-refractivity contribution is 7.16. The van der Waals surface area contributed by atoms with E-state index in [0.29, 0.717) is 17.7 Å². The number of rotatable bonds is 10. The minimum atomic E-state index is -0.616. The van der Waals surface area contributed by atoms with E-state index in [1.807, 2.05) is 13.8 Å². The largest absolute Gasteiger partial charge is 0.461 e. The molecule has 1 heterocycles. The Hall–Kier alpha value is -2.67. The fourth-order valence-corrected chi connectivity index (χ4v) is 3.45. The lowest BCUT2D eigenvalue weighted by Gasteiger charge is -2.08. The topological polar surface area (TPSA) is 78.9 Å². The van der Waals surface area contributed by atoms with Gasteiger partial charge in [-0.05, 0) is 31.9 Å². The molecule has 0 aliphatic heterocycles. The zero-order valence-corrected chi connectivity index (χ0v) is 17.8. The van der Waals surface area contributed by atoms with Gasteiger partial charge in [0.05, 0.1) is 18.8 Å². The second-order valence-electron chi connectivity index (χ2n) is 6.45. The first kappa shape index (κ1) is 22.6.